The number of ether oxygens (including phenoxy) is 3. The van der Waals surface area contributed by atoms with Crippen LogP contribution in [0.5, 0.6) is 0 Å². The van der Waals surface area contributed by atoms with Gasteiger partial charge in [0.25, 0.3) is 0 Å². The van der Waals surface area contributed by atoms with Crippen LogP contribution in [0.4, 0.5) is 0 Å². The topological polar surface area (TPSA) is 78.9 Å². The van der Waals surface area contributed by atoms with Gasteiger partial charge in [-0.2, -0.15) is 0 Å². The second-order valence-electron chi connectivity index (χ2n) is 20.6. The van der Waals surface area contributed by atoms with E-state index in [2.05, 4.69) is 45.1 Å². The summed E-state index contributed by atoms with van der Waals surface area (Å²) in [6.07, 6.45) is 67.7. The summed E-state index contributed by atoms with van der Waals surface area (Å²) in [4.78, 5) is 38.1. The Morgan fingerprint density at radius 2 is 0.529 bits per heavy atom. The van der Waals surface area contributed by atoms with Crippen molar-refractivity contribution in [3.63, 3.8) is 0 Å². The van der Waals surface area contributed by atoms with E-state index in [0.717, 1.165) is 77.0 Å². The molecule has 0 aromatic heterocycles. The molecular weight excluding hydrogens is 841 g/mol. The molecule has 0 aliphatic heterocycles. The zero-order valence-electron chi connectivity index (χ0n) is 45.9. The van der Waals surface area contributed by atoms with Crippen molar-refractivity contribution < 1.29 is 28.6 Å². The number of unbranched alkanes of at least 4 members (excludes halogenated alkanes) is 41. The summed E-state index contributed by atoms with van der Waals surface area (Å²) in [6.45, 7) is 6.64. The fourth-order valence-electron chi connectivity index (χ4n) is 9.12. The van der Waals surface area contributed by atoms with E-state index in [1.54, 1.807) is 0 Å². The van der Waals surface area contributed by atoms with Crippen LogP contribution < -0.4 is 0 Å². The van der Waals surface area contributed by atoms with Crippen LogP contribution in [0.15, 0.2) is 24.3 Å². The Hall–Kier alpha value is -2.11. The zero-order valence-corrected chi connectivity index (χ0v) is 45.9. The molecule has 0 aliphatic carbocycles. The molecule has 0 saturated carbocycles. The molecule has 6 heteroatoms. The standard InChI is InChI=1S/C62H116O6/c1-4-7-10-13-16-19-21-23-25-27-28-29-30-31-32-33-34-35-37-38-40-43-46-49-52-55-61(64)67-58-59(57-66-60(63)54-51-48-45-42-18-15-12-9-6-3)68-62(65)56-53-50-47-44-41-39-36-26-24-22-20-17-14-11-8-5-2/h20,22,26,36,59H,4-19,21,23-25,27-35,37-58H2,1-3H3/b22-20-,36-26-. The number of carbonyl (C=O) groups excluding carboxylic acids is 3. The van der Waals surface area contributed by atoms with Crippen molar-refractivity contribution in [1.29, 1.82) is 0 Å². The van der Waals surface area contributed by atoms with E-state index < -0.39 is 6.10 Å². The van der Waals surface area contributed by atoms with Gasteiger partial charge in [0.15, 0.2) is 6.10 Å². The minimum absolute atomic E-state index is 0.0718. The van der Waals surface area contributed by atoms with Gasteiger partial charge in [0.2, 0.25) is 0 Å². The second kappa shape index (κ2) is 57.5. The van der Waals surface area contributed by atoms with Crippen molar-refractivity contribution in [2.45, 2.75) is 341 Å². The predicted octanol–water partition coefficient (Wildman–Crippen LogP) is 20.3. The van der Waals surface area contributed by atoms with Crippen molar-refractivity contribution in [1.82, 2.24) is 0 Å². The Balaban J connectivity index is 4.15. The Morgan fingerprint density at radius 1 is 0.294 bits per heavy atom. The van der Waals surface area contributed by atoms with Gasteiger partial charge < -0.3 is 14.2 Å². The van der Waals surface area contributed by atoms with Crippen LogP contribution in [0, 0.1) is 0 Å². The lowest BCUT2D eigenvalue weighted by molar-refractivity contribution is -0.167. The fraction of sp³-hybridized carbons (Fsp3) is 0.887. The van der Waals surface area contributed by atoms with Crippen molar-refractivity contribution >= 4 is 17.9 Å². The van der Waals surface area contributed by atoms with E-state index in [4.69, 9.17) is 14.2 Å². The number of carbonyl (C=O) groups is 3. The first kappa shape index (κ1) is 65.9. The summed E-state index contributed by atoms with van der Waals surface area (Å²) in [7, 11) is 0. The average Bonchev–Trinajstić information content (AvgIpc) is 3.34. The molecule has 0 aliphatic rings. The summed E-state index contributed by atoms with van der Waals surface area (Å²) in [5.41, 5.74) is 0. The van der Waals surface area contributed by atoms with E-state index in [1.807, 2.05) is 0 Å². The third kappa shape index (κ3) is 54.8. The lowest BCUT2D eigenvalue weighted by atomic mass is 10.0. The molecule has 400 valence electrons. The molecule has 0 radical (unpaired) electrons. The maximum Gasteiger partial charge on any atom is 0.306 e. The number of esters is 3. The minimum atomic E-state index is -0.773. The third-order valence-corrected chi connectivity index (χ3v) is 13.7. The largest absolute Gasteiger partial charge is 0.462 e. The molecule has 0 aromatic carbocycles. The molecule has 1 atom stereocenters. The van der Waals surface area contributed by atoms with Crippen molar-refractivity contribution in [3.8, 4) is 0 Å². The molecule has 0 N–H and O–H groups in total. The van der Waals surface area contributed by atoms with Crippen LogP contribution in [-0.2, 0) is 28.6 Å². The van der Waals surface area contributed by atoms with Gasteiger partial charge in [0.1, 0.15) is 13.2 Å². The highest BCUT2D eigenvalue weighted by atomic mass is 16.6. The van der Waals surface area contributed by atoms with Gasteiger partial charge in [0.05, 0.1) is 0 Å². The van der Waals surface area contributed by atoms with Crippen LogP contribution >= 0.6 is 0 Å². The molecule has 0 saturated heterocycles. The number of hydrogen-bond donors (Lipinski definition) is 0. The SMILES string of the molecule is CCCCCC/C=C\C/C=C\CCCCCCCC(=O)OC(COC(=O)CCCCCCCCCCC)COC(=O)CCCCCCCCCCCCCCCCCCCCCCCCCCC. The quantitative estimate of drug-likeness (QED) is 0.0262. The van der Waals surface area contributed by atoms with Crippen LogP contribution in [-0.4, -0.2) is 37.2 Å². The molecule has 0 amide bonds. The molecular formula is C62H116O6. The van der Waals surface area contributed by atoms with Crippen LogP contribution in [0.3, 0.4) is 0 Å². The molecule has 68 heavy (non-hydrogen) atoms. The molecule has 0 fully saturated rings. The van der Waals surface area contributed by atoms with Crippen LogP contribution in [0.1, 0.15) is 335 Å². The highest BCUT2D eigenvalue weighted by Gasteiger charge is 2.19. The first-order valence-electron chi connectivity index (χ1n) is 30.3. The highest BCUT2D eigenvalue weighted by Crippen LogP contribution is 2.17. The average molecular weight is 958 g/mol. The lowest BCUT2D eigenvalue weighted by Crippen LogP contribution is -2.30. The van der Waals surface area contributed by atoms with E-state index in [-0.39, 0.29) is 31.1 Å². The Bertz CT molecular complexity index is 1100. The van der Waals surface area contributed by atoms with Crippen molar-refractivity contribution in [3.05, 3.63) is 24.3 Å². The van der Waals surface area contributed by atoms with E-state index in [0.29, 0.717) is 19.3 Å². The van der Waals surface area contributed by atoms with Crippen molar-refractivity contribution in [2.75, 3.05) is 13.2 Å². The number of hydrogen-bond acceptors (Lipinski definition) is 6. The maximum absolute atomic E-state index is 12.8. The van der Waals surface area contributed by atoms with E-state index in [1.165, 1.54) is 218 Å². The fourth-order valence-corrected chi connectivity index (χ4v) is 9.12. The highest BCUT2D eigenvalue weighted by molar-refractivity contribution is 5.71. The summed E-state index contributed by atoms with van der Waals surface area (Å²) in [5, 5.41) is 0. The zero-order chi connectivity index (χ0) is 49.3. The van der Waals surface area contributed by atoms with E-state index >= 15 is 0 Å². The summed E-state index contributed by atoms with van der Waals surface area (Å²) in [6, 6.07) is 0. The van der Waals surface area contributed by atoms with Gasteiger partial charge in [-0.05, 0) is 51.4 Å². The van der Waals surface area contributed by atoms with Crippen LogP contribution in [0.25, 0.3) is 0 Å². The van der Waals surface area contributed by atoms with E-state index in [9.17, 15) is 14.4 Å². The van der Waals surface area contributed by atoms with Gasteiger partial charge in [-0.3, -0.25) is 14.4 Å². The first-order chi connectivity index (χ1) is 33.5. The first-order valence-corrected chi connectivity index (χ1v) is 30.3. The summed E-state index contributed by atoms with van der Waals surface area (Å²) >= 11 is 0. The molecule has 0 rings (SSSR count). The number of allylic oxidation sites excluding steroid dienone is 4. The van der Waals surface area contributed by atoms with Gasteiger partial charge in [-0.1, -0.05) is 289 Å². The monoisotopic (exact) mass is 957 g/mol. The Morgan fingerprint density at radius 3 is 0.824 bits per heavy atom. The summed E-state index contributed by atoms with van der Waals surface area (Å²) in [5.74, 6) is -0.868. The predicted molar refractivity (Wildman–Crippen MR) is 293 cm³/mol. The van der Waals surface area contributed by atoms with Crippen LogP contribution in [0.2, 0.25) is 0 Å². The number of rotatable bonds is 56. The van der Waals surface area contributed by atoms with Gasteiger partial charge in [0, 0.05) is 19.3 Å². The Labute approximate surface area is 423 Å². The maximum atomic E-state index is 12.8. The molecule has 6 nitrogen and oxygen atoms in total. The van der Waals surface area contributed by atoms with Gasteiger partial charge >= 0.3 is 17.9 Å². The van der Waals surface area contributed by atoms with Gasteiger partial charge in [-0.15, -0.1) is 0 Å². The normalized spacial score (nSPS) is 12.1. The van der Waals surface area contributed by atoms with Crippen molar-refractivity contribution in [2.24, 2.45) is 0 Å². The molecule has 0 heterocycles. The molecule has 0 bridgehead atoms. The molecule has 0 spiro atoms. The van der Waals surface area contributed by atoms with Gasteiger partial charge in [-0.25, -0.2) is 0 Å². The second-order valence-corrected chi connectivity index (χ2v) is 20.6. The summed E-state index contributed by atoms with van der Waals surface area (Å²) < 4.78 is 16.8. The third-order valence-electron chi connectivity index (χ3n) is 13.7. The molecule has 1 unspecified atom stereocenters. The smallest absolute Gasteiger partial charge is 0.306 e. The Kier molecular flexibility index (Phi) is 55.7. The molecule has 0 aromatic rings. The lowest BCUT2D eigenvalue weighted by Gasteiger charge is -2.18. The minimum Gasteiger partial charge on any atom is -0.462 e.